The Morgan fingerprint density at radius 2 is 1.76 bits per heavy atom. The van der Waals surface area contributed by atoms with Gasteiger partial charge in [-0.2, -0.15) is 10.3 Å². The molecule has 0 aliphatic rings. The lowest BCUT2D eigenvalue weighted by molar-refractivity contribution is 0.614. The van der Waals surface area contributed by atoms with Gasteiger partial charge in [-0.15, -0.1) is 10.2 Å². The molecule has 0 saturated heterocycles. The predicted octanol–water partition coefficient (Wildman–Crippen LogP) is 3.08. The fraction of sp³-hybridized carbons (Fsp3) is 0.286. The molecule has 0 spiro atoms. The molecule has 0 radical (unpaired) electrons. The maximum Gasteiger partial charge on any atom is 0.346 e. The minimum Gasteiger partial charge on any atom is -0.274 e. The van der Waals surface area contributed by atoms with Crippen molar-refractivity contribution in [2.24, 2.45) is 0 Å². The number of aromatic nitrogens is 7. The van der Waals surface area contributed by atoms with Crippen LogP contribution in [0.2, 0.25) is 0 Å². The second-order valence-electron chi connectivity index (χ2n) is 7.18. The van der Waals surface area contributed by atoms with Gasteiger partial charge in [-0.25, -0.2) is 9.48 Å². The second kappa shape index (κ2) is 7.83. The molecule has 2 aromatic carbocycles. The van der Waals surface area contributed by atoms with Crippen LogP contribution in [-0.2, 0) is 13.1 Å². The molecule has 1 N–H and O–H groups in total. The summed E-state index contributed by atoms with van der Waals surface area (Å²) in [7, 11) is 0. The summed E-state index contributed by atoms with van der Waals surface area (Å²) in [4.78, 5) is 12.6. The third kappa shape index (κ3) is 3.61. The van der Waals surface area contributed by atoms with Gasteiger partial charge in [0, 0.05) is 18.0 Å². The highest BCUT2D eigenvalue weighted by atomic mass is 16.2. The van der Waals surface area contributed by atoms with Crippen LogP contribution >= 0.6 is 0 Å². The Hall–Kier alpha value is -3.55. The smallest absolute Gasteiger partial charge is 0.274 e. The lowest BCUT2D eigenvalue weighted by Crippen LogP contribution is -2.25. The Morgan fingerprint density at radius 3 is 2.38 bits per heavy atom. The van der Waals surface area contributed by atoms with Gasteiger partial charge in [0.2, 0.25) is 5.82 Å². The highest BCUT2D eigenvalue weighted by molar-refractivity contribution is 5.80. The zero-order valence-corrected chi connectivity index (χ0v) is 16.7. The SMILES string of the molecule is CCn1nc(C(C)C)n(Cc2ccc(-c3ccccc3-c3nn[nH]n3)cc2)c1=O. The molecule has 4 rings (SSSR count). The summed E-state index contributed by atoms with van der Waals surface area (Å²) in [6, 6.07) is 16.1. The number of tetrazole rings is 1. The van der Waals surface area contributed by atoms with Gasteiger partial charge in [-0.05, 0) is 28.8 Å². The van der Waals surface area contributed by atoms with Crippen molar-refractivity contribution in [1.29, 1.82) is 0 Å². The zero-order valence-electron chi connectivity index (χ0n) is 16.7. The molecule has 0 atom stereocenters. The number of nitrogens with one attached hydrogen (secondary N) is 1. The molecule has 0 aliphatic carbocycles. The van der Waals surface area contributed by atoms with E-state index in [9.17, 15) is 4.79 Å². The molecule has 0 fully saturated rings. The number of aryl methyl sites for hydroxylation is 1. The van der Waals surface area contributed by atoms with E-state index >= 15 is 0 Å². The van der Waals surface area contributed by atoms with Crippen LogP contribution in [0.15, 0.2) is 53.3 Å². The van der Waals surface area contributed by atoms with Crippen LogP contribution in [0.5, 0.6) is 0 Å². The van der Waals surface area contributed by atoms with Crippen molar-refractivity contribution in [2.45, 2.75) is 39.8 Å². The molecular formula is C21H23N7O. The van der Waals surface area contributed by atoms with Crippen molar-refractivity contribution in [3.8, 4) is 22.5 Å². The van der Waals surface area contributed by atoms with Crippen molar-refractivity contribution >= 4 is 0 Å². The average Bonchev–Trinajstić information content (AvgIpc) is 3.38. The van der Waals surface area contributed by atoms with E-state index in [2.05, 4.69) is 51.7 Å². The fourth-order valence-electron chi connectivity index (χ4n) is 3.42. The lowest BCUT2D eigenvalue weighted by atomic mass is 9.98. The maximum atomic E-state index is 12.6. The largest absolute Gasteiger partial charge is 0.346 e. The van der Waals surface area contributed by atoms with E-state index in [0.29, 0.717) is 18.9 Å². The molecular weight excluding hydrogens is 366 g/mol. The normalized spacial score (nSPS) is 11.3. The molecule has 8 nitrogen and oxygen atoms in total. The third-order valence-electron chi connectivity index (χ3n) is 4.89. The Bertz CT molecular complexity index is 1150. The van der Waals surface area contributed by atoms with Crippen molar-refractivity contribution in [1.82, 2.24) is 35.0 Å². The number of aromatic amines is 1. The first-order valence-electron chi connectivity index (χ1n) is 9.68. The van der Waals surface area contributed by atoms with Crippen LogP contribution in [0.3, 0.4) is 0 Å². The van der Waals surface area contributed by atoms with Crippen LogP contribution in [0.25, 0.3) is 22.5 Å². The number of H-pyrrole nitrogens is 1. The third-order valence-corrected chi connectivity index (χ3v) is 4.89. The maximum absolute atomic E-state index is 12.6. The van der Waals surface area contributed by atoms with Crippen molar-refractivity contribution in [3.05, 3.63) is 70.4 Å². The molecule has 8 heteroatoms. The van der Waals surface area contributed by atoms with Gasteiger partial charge < -0.3 is 0 Å². The molecule has 4 aromatic rings. The Kier molecular flexibility index (Phi) is 5.07. The first-order valence-corrected chi connectivity index (χ1v) is 9.68. The van der Waals surface area contributed by atoms with E-state index in [1.807, 2.05) is 43.3 Å². The Morgan fingerprint density at radius 1 is 1.03 bits per heavy atom. The van der Waals surface area contributed by atoms with Crippen LogP contribution in [0.4, 0.5) is 0 Å². The first-order chi connectivity index (χ1) is 14.1. The number of nitrogens with zero attached hydrogens (tertiary/aromatic N) is 6. The van der Waals surface area contributed by atoms with E-state index in [0.717, 1.165) is 28.1 Å². The van der Waals surface area contributed by atoms with E-state index in [4.69, 9.17) is 0 Å². The Labute approximate surface area is 168 Å². The predicted molar refractivity (Wildman–Crippen MR) is 110 cm³/mol. The van der Waals surface area contributed by atoms with E-state index in [1.54, 1.807) is 4.57 Å². The zero-order chi connectivity index (χ0) is 20.4. The van der Waals surface area contributed by atoms with Crippen LogP contribution in [0, 0.1) is 0 Å². The summed E-state index contributed by atoms with van der Waals surface area (Å²) in [6.45, 7) is 7.10. The summed E-state index contributed by atoms with van der Waals surface area (Å²) in [6.07, 6.45) is 0. The highest BCUT2D eigenvalue weighted by Gasteiger charge is 2.16. The van der Waals surface area contributed by atoms with Gasteiger partial charge in [0.05, 0.1) is 6.54 Å². The molecule has 0 aliphatic heterocycles. The summed E-state index contributed by atoms with van der Waals surface area (Å²) in [5, 5.41) is 18.8. The van der Waals surface area contributed by atoms with Crippen molar-refractivity contribution in [2.75, 3.05) is 0 Å². The summed E-state index contributed by atoms with van der Waals surface area (Å²) in [5.41, 5.74) is 3.97. The van der Waals surface area contributed by atoms with Gasteiger partial charge in [0.25, 0.3) is 0 Å². The minimum absolute atomic E-state index is 0.0669. The van der Waals surface area contributed by atoms with Crippen LogP contribution in [-0.4, -0.2) is 35.0 Å². The minimum atomic E-state index is -0.0669. The second-order valence-corrected chi connectivity index (χ2v) is 7.18. The van der Waals surface area contributed by atoms with Gasteiger partial charge >= 0.3 is 5.69 Å². The quantitative estimate of drug-likeness (QED) is 0.547. The fourth-order valence-corrected chi connectivity index (χ4v) is 3.42. The van der Waals surface area contributed by atoms with Gasteiger partial charge in [0.15, 0.2) is 0 Å². The van der Waals surface area contributed by atoms with Crippen molar-refractivity contribution in [3.63, 3.8) is 0 Å². The summed E-state index contributed by atoms with van der Waals surface area (Å²) in [5.74, 6) is 1.55. The van der Waals surface area contributed by atoms with Gasteiger partial charge in [-0.1, -0.05) is 62.4 Å². The standard InChI is InChI=1S/C21H23N7O/c1-4-28-21(29)27(20(24-28)14(2)3)13-15-9-11-16(12-10-15)17-7-5-6-8-18(17)19-22-25-26-23-19/h5-12,14H,4,13H2,1-3H3,(H,22,23,25,26). The van der Waals surface area contributed by atoms with Crippen molar-refractivity contribution < 1.29 is 0 Å². The highest BCUT2D eigenvalue weighted by Crippen LogP contribution is 2.29. The monoisotopic (exact) mass is 389 g/mol. The molecule has 2 aromatic heterocycles. The Balaban J connectivity index is 1.66. The summed E-state index contributed by atoms with van der Waals surface area (Å²) < 4.78 is 3.28. The molecule has 0 unspecified atom stereocenters. The molecule has 0 saturated carbocycles. The van der Waals surface area contributed by atoms with E-state index < -0.39 is 0 Å². The molecule has 2 heterocycles. The first kappa shape index (κ1) is 18.8. The topological polar surface area (TPSA) is 94.3 Å². The molecule has 29 heavy (non-hydrogen) atoms. The molecule has 148 valence electrons. The van der Waals surface area contributed by atoms with Crippen LogP contribution < -0.4 is 5.69 Å². The van der Waals surface area contributed by atoms with Gasteiger partial charge in [0.1, 0.15) is 5.82 Å². The molecule has 0 amide bonds. The number of benzene rings is 2. The van der Waals surface area contributed by atoms with E-state index in [-0.39, 0.29) is 11.6 Å². The van der Waals surface area contributed by atoms with E-state index in [1.165, 1.54) is 4.68 Å². The number of rotatable bonds is 6. The number of hydrogen-bond donors (Lipinski definition) is 1. The van der Waals surface area contributed by atoms with Gasteiger partial charge in [-0.3, -0.25) is 4.57 Å². The number of hydrogen-bond acceptors (Lipinski definition) is 5. The lowest BCUT2D eigenvalue weighted by Gasteiger charge is -2.10. The summed E-state index contributed by atoms with van der Waals surface area (Å²) >= 11 is 0. The van der Waals surface area contributed by atoms with Crippen LogP contribution in [0.1, 0.15) is 38.1 Å². The average molecular weight is 389 g/mol. The molecule has 0 bridgehead atoms.